The van der Waals surface area contributed by atoms with E-state index in [1.807, 2.05) is 78.9 Å². The summed E-state index contributed by atoms with van der Waals surface area (Å²) in [6.45, 7) is 0. The molecular formula is C52H30N4O. The average Bonchev–Trinajstić information content (AvgIpc) is 3.67. The zero-order valence-corrected chi connectivity index (χ0v) is 30.5. The molecule has 0 N–H and O–H groups in total. The van der Waals surface area contributed by atoms with Gasteiger partial charge in [0, 0.05) is 27.5 Å². The predicted molar refractivity (Wildman–Crippen MR) is 232 cm³/mol. The standard InChI is InChI=1S/C52H30N4O/c53-31-32-21-23-33(24-22-32)44-29-46-41-18-7-5-16-39(41)45(30-47(46)40-17-6-4-15-38(40)44)35-13-10-14-36(27-35)51-54-50(34-11-2-1-3-12-34)55-52(56-51)37-25-26-43-42-19-8-9-20-48(42)57-49(43)28-37/h1-30H. The summed E-state index contributed by atoms with van der Waals surface area (Å²) < 4.78 is 6.26. The third-order valence-electron chi connectivity index (χ3n) is 10.9. The van der Waals surface area contributed by atoms with Crippen molar-refractivity contribution in [2.45, 2.75) is 0 Å². The topological polar surface area (TPSA) is 75.6 Å². The highest BCUT2D eigenvalue weighted by Crippen LogP contribution is 2.42. The van der Waals surface area contributed by atoms with Gasteiger partial charge in [0.15, 0.2) is 17.5 Å². The molecule has 0 bridgehead atoms. The van der Waals surface area contributed by atoms with Crippen LogP contribution in [0.5, 0.6) is 0 Å². The van der Waals surface area contributed by atoms with E-state index in [0.717, 1.165) is 71.7 Å². The molecule has 0 aliphatic heterocycles. The van der Waals surface area contributed by atoms with Crippen LogP contribution >= 0.6 is 0 Å². The summed E-state index contributed by atoms with van der Waals surface area (Å²) >= 11 is 0. The van der Waals surface area contributed by atoms with Gasteiger partial charge in [-0.25, -0.2) is 15.0 Å². The van der Waals surface area contributed by atoms with E-state index in [9.17, 15) is 5.26 Å². The van der Waals surface area contributed by atoms with Crippen LogP contribution in [0.2, 0.25) is 0 Å². The molecule has 0 spiro atoms. The summed E-state index contributed by atoms with van der Waals surface area (Å²) in [5, 5.41) is 18.6. The van der Waals surface area contributed by atoms with Gasteiger partial charge in [0.1, 0.15) is 11.2 Å². The second kappa shape index (κ2) is 13.1. The van der Waals surface area contributed by atoms with Gasteiger partial charge in [-0.05, 0) is 103 Å². The van der Waals surface area contributed by atoms with E-state index < -0.39 is 0 Å². The van der Waals surface area contributed by atoms with Crippen molar-refractivity contribution < 1.29 is 4.42 Å². The molecule has 11 aromatic rings. The van der Waals surface area contributed by atoms with Crippen LogP contribution in [0.3, 0.4) is 0 Å². The first kappa shape index (κ1) is 32.5. The summed E-state index contributed by atoms with van der Waals surface area (Å²) in [6.07, 6.45) is 0. The minimum absolute atomic E-state index is 0.576. The van der Waals surface area contributed by atoms with Gasteiger partial charge in [-0.1, -0.05) is 133 Å². The largest absolute Gasteiger partial charge is 0.456 e. The van der Waals surface area contributed by atoms with Crippen LogP contribution in [0.1, 0.15) is 5.56 Å². The van der Waals surface area contributed by atoms with Crippen LogP contribution in [0.4, 0.5) is 0 Å². The second-order valence-electron chi connectivity index (χ2n) is 14.3. The van der Waals surface area contributed by atoms with Crippen molar-refractivity contribution >= 4 is 54.3 Å². The smallest absolute Gasteiger partial charge is 0.164 e. The fourth-order valence-electron chi connectivity index (χ4n) is 8.19. The Morgan fingerprint density at radius 1 is 0.333 bits per heavy atom. The number of fused-ring (bicyclic) bond motifs is 8. The first-order valence-corrected chi connectivity index (χ1v) is 18.9. The molecule has 0 saturated carbocycles. The monoisotopic (exact) mass is 726 g/mol. The lowest BCUT2D eigenvalue weighted by atomic mass is 9.87. The van der Waals surface area contributed by atoms with Gasteiger partial charge >= 0.3 is 0 Å². The van der Waals surface area contributed by atoms with E-state index in [0.29, 0.717) is 23.0 Å². The number of hydrogen-bond acceptors (Lipinski definition) is 5. The van der Waals surface area contributed by atoms with Gasteiger partial charge in [0.2, 0.25) is 0 Å². The summed E-state index contributed by atoms with van der Waals surface area (Å²) in [6, 6.07) is 64.8. The SMILES string of the molecule is N#Cc1ccc(-c2cc3c4ccccc4c(-c4cccc(-c5nc(-c6ccccc6)nc(-c6ccc7c(c6)oc6ccccc67)n5)c4)cc3c3ccccc23)cc1. The molecule has 9 aromatic carbocycles. The Balaban J connectivity index is 1.09. The van der Waals surface area contributed by atoms with Crippen LogP contribution in [-0.2, 0) is 0 Å². The van der Waals surface area contributed by atoms with Crippen molar-refractivity contribution in [3.63, 3.8) is 0 Å². The maximum absolute atomic E-state index is 9.44. The molecule has 264 valence electrons. The van der Waals surface area contributed by atoms with Crippen molar-refractivity contribution in [3.05, 3.63) is 188 Å². The molecule has 2 aromatic heterocycles. The number of nitriles is 1. The van der Waals surface area contributed by atoms with Gasteiger partial charge in [0.05, 0.1) is 11.6 Å². The molecule has 0 atom stereocenters. The van der Waals surface area contributed by atoms with Crippen LogP contribution in [0, 0.1) is 11.3 Å². The molecule has 0 unspecified atom stereocenters. The third kappa shape index (κ3) is 5.51. The molecule has 0 aliphatic carbocycles. The van der Waals surface area contributed by atoms with Crippen molar-refractivity contribution in [2.75, 3.05) is 0 Å². The Bertz CT molecular complexity index is 3420. The number of hydrogen-bond donors (Lipinski definition) is 0. The zero-order valence-electron chi connectivity index (χ0n) is 30.5. The fraction of sp³-hybridized carbons (Fsp3) is 0. The van der Waals surface area contributed by atoms with Crippen molar-refractivity contribution in [1.29, 1.82) is 5.26 Å². The molecule has 5 heteroatoms. The van der Waals surface area contributed by atoms with Gasteiger partial charge in [0.25, 0.3) is 0 Å². The molecule has 2 heterocycles. The maximum Gasteiger partial charge on any atom is 0.164 e. The van der Waals surface area contributed by atoms with E-state index in [1.165, 1.54) is 21.5 Å². The first-order chi connectivity index (χ1) is 28.2. The quantitative estimate of drug-likeness (QED) is 0.165. The lowest BCUT2D eigenvalue weighted by Gasteiger charge is -2.16. The van der Waals surface area contributed by atoms with Gasteiger partial charge < -0.3 is 4.42 Å². The molecule has 57 heavy (non-hydrogen) atoms. The Morgan fingerprint density at radius 3 is 1.49 bits per heavy atom. The number of benzene rings is 9. The molecular weight excluding hydrogens is 697 g/mol. The van der Waals surface area contributed by atoms with Crippen LogP contribution in [-0.4, -0.2) is 15.0 Å². The number of nitrogens with zero attached hydrogens (tertiary/aromatic N) is 4. The number of para-hydroxylation sites is 1. The normalized spacial score (nSPS) is 11.5. The Labute approximate surface area is 327 Å². The Morgan fingerprint density at radius 2 is 0.825 bits per heavy atom. The summed E-state index contributed by atoms with van der Waals surface area (Å²) in [5.41, 5.74) is 9.36. The first-order valence-electron chi connectivity index (χ1n) is 18.9. The number of furan rings is 1. The highest BCUT2D eigenvalue weighted by atomic mass is 16.3. The second-order valence-corrected chi connectivity index (χ2v) is 14.3. The number of aromatic nitrogens is 3. The molecule has 0 amide bonds. The molecule has 0 radical (unpaired) electrons. The minimum Gasteiger partial charge on any atom is -0.456 e. The lowest BCUT2D eigenvalue weighted by molar-refractivity contribution is 0.669. The fourth-order valence-corrected chi connectivity index (χ4v) is 8.19. The predicted octanol–water partition coefficient (Wildman–Crippen LogP) is 13.4. The zero-order chi connectivity index (χ0) is 37.9. The third-order valence-corrected chi connectivity index (χ3v) is 10.9. The minimum atomic E-state index is 0.576. The van der Waals surface area contributed by atoms with E-state index in [2.05, 4.69) is 109 Å². The van der Waals surface area contributed by atoms with E-state index in [-0.39, 0.29) is 0 Å². The lowest BCUT2D eigenvalue weighted by Crippen LogP contribution is -2.00. The molecule has 5 nitrogen and oxygen atoms in total. The highest BCUT2D eigenvalue weighted by molar-refractivity contribution is 6.24. The maximum atomic E-state index is 9.44. The van der Waals surface area contributed by atoms with Gasteiger partial charge in [-0.15, -0.1) is 0 Å². The molecule has 11 rings (SSSR count). The number of rotatable bonds is 5. The van der Waals surface area contributed by atoms with Crippen molar-refractivity contribution in [2.24, 2.45) is 0 Å². The Hall–Kier alpha value is -7.94. The highest BCUT2D eigenvalue weighted by Gasteiger charge is 2.18. The van der Waals surface area contributed by atoms with E-state index in [1.54, 1.807) is 0 Å². The van der Waals surface area contributed by atoms with Crippen molar-refractivity contribution in [3.8, 4) is 62.5 Å². The molecule has 0 fully saturated rings. The van der Waals surface area contributed by atoms with Crippen molar-refractivity contribution in [1.82, 2.24) is 15.0 Å². The van der Waals surface area contributed by atoms with Gasteiger partial charge in [-0.3, -0.25) is 0 Å². The van der Waals surface area contributed by atoms with Crippen LogP contribution in [0.15, 0.2) is 186 Å². The van der Waals surface area contributed by atoms with Crippen LogP contribution < -0.4 is 0 Å². The Kier molecular flexibility index (Phi) is 7.48. The summed E-state index contributed by atoms with van der Waals surface area (Å²) in [7, 11) is 0. The molecule has 0 aliphatic rings. The van der Waals surface area contributed by atoms with E-state index in [4.69, 9.17) is 19.4 Å². The summed E-state index contributed by atoms with van der Waals surface area (Å²) in [5.74, 6) is 1.77. The van der Waals surface area contributed by atoms with Gasteiger partial charge in [-0.2, -0.15) is 5.26 Å². The van der Waals surface area contributed by atoms with E-state index >= 15 is 0 Å². The van der Waals surface area contributed by atoms with Crippen LogP contribution in [0.25, 0.3) is 111 Å². The average molecular weight is 727 g/mol. The molecule has 0 saturated heterocycles. The summed E-state index contributed by atoms with van der Waals surface area (Å²) in [4.78, 5) is 15.2.